The molecule has 0 spiro atoms. The lowest BCUT2D eigenvalue weighted by Crippen LogP contribution is -2.16. The van der Waals surface area contributed by atoms with Gasteiger partial charge in [0.05, 0.1) is 0 Å². The summed E-state index contributed by atoms with van der Waals surface area (Å²) in [5.74, 6) is 0.581. The summed E-state index contributed by atoms with van der Waals surface area (Å²) in [5.41, 5.74) is 4.71. The van der Waals surface area contributed by atoms with Gasteiger partial charge < -0.3 is 0 Å². The Morgan fingerprint density at radius 3 is 2.67 bits per heavy atom. The van der Waals surface area contributed by atoms with Gasteiger partial charge in [-0.2, -0.15) is 0 Å². The fraction of sp³-hybridized carbons (Fsp3) is 0.375. The molecule has 0 nitrogen and oxygen atoms in total. The molecule has 0 saturated heterocycles. The van der Waals surface area contributed by atoms with Crippen LogP contribution < -0.4 is 0 Å². The van der Waals surface area contributed by atoms with Crippen LogP contribution in [0.2, 0.25) is 0 Å². The highest BCUT2D eigenvalue weighted by molar-refractivity contribution is 14.1. The zero-order valence-electron chi connectivity index (χ0n) is 11.0. The van der Waals surface area contributed by atoms with Crippen LogP contribution in [-0.4, -0.2) is 0 Å². The van der Waals surface area contributed by atoms with Gasteiger partial charge in [0.15, 0.2) is 0 Å². The first-order valence-corrected chi connectivity index (χ1v) is 8.56. The molecule has 0 amide bonds. The number of halogens is 2. The van der Waals surface area contributed by atoms with Crippen LogP contribution in [0, 0.1) is 11.3 Å². The maximum absolute atomic E-state index is 2.44. The van der Waals surface area contributed by atoms with Crippen molar-refractivity contribution in [1.29, 1.82) is 0 Å². The number of hydrogen-bond acceptors (Lipinski definition) is 0. The molecular weight excluding hydrogens is 446 g/mol. The summed E-state index contributed by atoms with van der Waals surface area (Å²) >= 11 is 4.75. The van der Waals surface area contributed by atoms with E-state index in [1.54, 1.807) is 5.57 Å². The van der Waals surface area contributed by atoms with Gasteiger partial charge >= 0.3 is 0 Å². The minimum atomic E-state index is 0.159. The van der Waals surface area contributed by atoms with E-state index in [2.05, 4.69) is 100 Å². The van der Waals surface area contributed by atoms with Gasteiger partial charge in [-0.1, -0.05) is 66.3 Å². The summed E-state index contributed by atoms with van der Waals surface area (Å²) in [7, 11) is 0. The largest absolute Gasteiger partial charge is 0.0874 e. The lowest BCUT2D eigenvalue weighted by Gasteiger charge is -2.27. The fourth-order valence-corrected chi connectivity index (χ4v) is 3.98. The molecule has 18 heavy (non-hydrogen) atoms. The summed E-state index contributed by atoms with van der Waals surface area (Å²) in [6.07, 6.45) is 12.6. The molecule has 0 fully saturated rings. The number of fused-ring (bicyclic) bond motifs is 1. The molecular formula is C16H18I2. The Hall–Kier alpha value is 0.160. The van der Waals surface area contributed by atoms with Gasteiger partial charge in [0.25, 0.3) is 0 Å². The Kier molecular flexibility index (Phi) is 4.57. The van der Waals surface area contributed by atoms with Gasteiger partial charge in [-0.25, -0.2) is 0 Å². The van der Waals surface area contributed by atoms with Gasteiger partial charge in [-0.05, 0) is 57.2 Å². The van der Waals surface area contributed by atoms with Crippen molar-refractivity contribution in [3.05, 3.63) is 54.8 Å². The third-order valence-electron chi connectivity index (χ3n) is 3.87. The first kappa shape index (κ1) is 14.6. The van der Waals surface area contributed by atoms with Crippen molar-refractivity contribution in [2.24, 2.45) is 11.3 Å². The molecule has 2 heteroatoms. The van der Waals surface area contributed by atoms with Crippen LogP contribution in [0.4, 0.5) is 0 Å². The predicted molar refractivity (Wildman–Crippen MR) is 97.1 cm³/mol. The minimum Gasteiger partial charge on any atom is -0.0874 e. The van der Waals surface area contributed by atoms with Gasteiger partial charge in [-0.15, -0.1) is 0 Å². The van der Waals surface area contributed by atoms with Crippen LogP contribution >= 0.6 is 45.2 Å². The maximum atomic E-state index is 2.44. The zero-order chi connectivity index (χ0) is 13.3. The molecule has 0 saturated carbocycles. The number of rotatable bonds is 2. The molecule has 0 aliphatic heterocycles. The van der Waals surface area contributed by atoms with E-state index in [1.807, 2.05) is 0 Å². The van der Waals surface area contributed by atoms with Gasteiger partial charge in [0.1, 0.15) is 0 Å². The van der Waals surface area contributed by atoms with Crippen LogP contribution in [0.15, 0.2) is 54.8 Å². The van der Waals surface area contributed by atoms with Crippen molar-refractivity contribution in [2.45, 2.75) is 27.2 Å². The first-order chi connectivity index (χ1) is 8.52. The molecule has 1 atom stereocenters. The monoisotopic (exact) mass is 464 g/mol. The third-order valence-corrected chi connectivity index (χ3v) is 4.99. The van der Waals surface area contributed by atoms with Crippen LogP contribution in [0.5, 0.6) is 0 Å². The standard InChI is InChI=1S/C16H18I2/c1-4-5-12-13-7-6-11(18)10-15(13)16(2,3)14(12)8-9-17/h4-6,8-10,13H,7H2,1-3H3/b5-4-,9-8+/t13-/m1/s1. The molecule has 0 aromatic heterocycles. The summed E-state index contributed by atoms with van der Waals surface area (Å²) in [4.78, 5) is 0. The fourth-order valence-electron chi connectivity index (χ4n) is 3.03. The van der Waals surface area contributed by atoms with E-state index < -0.39 is 0 Å². The van der Waals surface area contributed by atoms with E-state index in [9.17, 15) is 0 Å². The molecule has 0 unspecified atom stereocenters. The van der Waals surface area contributed by atoms with Crippen molar-refractivity contribution in [2.75, 3.05) is 0 Å². The quantitative estimate of drug-likeness (QED) is 0.433. The molecule has 0 bridgehead atoms. The van der Waals surface area contributed by atoms with Crippen LogP contribution in [0.25, 0.3) is 0 Å². The lowest BCUT2D eigenvalue weighted by atomic mass is 9.77. The van der Waals surface area contributed by atoms with E-state index in [4.69, 9.17) is 0 Å². The van der Waals surface area contributed by atoms with Crippen molar-refractivity contribution in [1.82, 2.24) is 0 Å². The van der Waals surface area contributed by atoms with Crippen molar-refractivity contribution in [3.8, 4) is 0 Å². The normalized spacial score (nSPS) is 26.8. The topological polar surface area (TPSA) is 0 Å². The molecule has 0 N–H and O–H groups in total. The minimum absolute atomic E-state index is 0.159. The number of allylic oxidation sites excluding steroid dienone is 9. The van der Waals surface area contributed by atoms with E-state index in [-0.39, 0.29) is 5.41 Å². The summed E-state index contributed by atoms with van der Waals surface area (Å²) in [6.45, 7) is 6.81. The van der Waals surface area contributed by atoms with Crippen molar-refractivity contribution in [3.63, 3.8) is 0 Å². The molecule has 0 radical (unpaired) electrons. The Balaban J connectivity index is 2.59. The Labute approximate surface area is 137 Å². The highest BCUT2D eigenvalue weighted by atomic mass is 127. The zero-order valence-corrected chi connectivity index (χ0v) is 15.3. The van der Waals surface area contributed by atoms with Crippen molar-refractivity contribution < 1.29 is 0 Å². The smallest absolute Gasteiger partial charge is 0.0118 e. The molecule has 2 aliphatic rings. The molecule has 2 aliphatic carbocycles. The van der Waals surface area contributed by atoms with Crippen molar-refractivity contribution >= 4 is 45.2 Å². The second-order valence-electron chi connectivity index (χ2n) is 5.26. The van der Waals surface area contributed by atoms with Crippen LogP contribution in [0.1, 0.15) is 27.2 Å². The lowest BCUT2D eigenvalue weighted by molar-refractivity contribution is 0.529. The van der Waals surface area contributed by atoms with E-state index in [1.165, 1.54) is 14.7 Å². The van der Waals surface area contributed by atoms with Gasteiger partial charge in [-0.3, -0.25) is 0 Å². The first-order valence-electron chi connectivity index (χ1n) is 6.24. The Bertz CT molecular complexity index is 499. The molecule has 0 aromatic rings. The van der Waals surface area contributed by atoms with Gasteiger partial charge in [0.2, 0.25) is 0 Å². The average Bonchev–Trinajstić information content (AvgIpc) is 2.52. The summed E-state index contributed by atoms with van der Waals surface area (Å²) in [5, 5.41) is 0. The van der Waals surface area contributed by atoms with E-state index in [0.29, 0.717) is 5.92 Å². The van der Waals surface area contributed by atoms with Crippen LogP contribution in [0.3, 0.4) is 0 Å². The third kappa shape index (κ3) is 2.42. The highest BCUT2D eigenvalue weighted by Crippen LogP contribution is 2.54. The second kappa shape index (κ2) is 5.65. The maximum Gasteiger partial charge on any atom is 0.0118 e. The predicted octanol–water partition coefficient (Wildman–Crippen LogP) is 6.11. The molecule has 0 heterocycles. The molecule has 0 aromatic carbocycles. The average molecular weight is 464 g/mol. The van der Waals surface area contributed by atoms with Crippen LogP contribution in [-0.2, 0) is 0 Å². The van der Waals surface area contributed by atoms with E-state index in [0.717, 1.165) is 6.42 Å². The SMILES string of the molecule is C/C=C\C1=C(/C=C/I)C(C)(C)C2=CC(I)=CC[C@@H]21. The van der Waals surface area contributed by atoms with E-state index >= 15 is 0 Å². The molecule has 2 rings (SSSR count). The van der Waals surface area contributed by atoms with Gasteiger partial charge in [0, 0.05) is 14.9 Å². The summed E-state index contributed by atoms with van der Waals surface area (Å²) in [6, 6.07) is 0. The Morgan fingerprint density at radius 2 is 2.06 bits per heavy atom. The molecule has 96 valence electrons. The summed E-state index contributed by atoms with van der Waals surface area (Å²) < 4.78 is 3.51. The second-order valence-corrected chi connectivity index (χ2v) is 7.23. The number of hydrogen-bond donors (Lipinski definition) is 0. The highest BCUT2D eigenvalue weighted by Gasteiger charge is 2.41. The Morgan fingerprint density at radius 1 is 1.33 bits per heavy atom.